The number of aryl methyl sites for hydroxylation is 1. The summed E-state index contributed by atoms with van der Waals surface area (Å²) in [5.41, 5.74) is 5.30. The van der Waals surface area contributed by atoms with Crippen molar-refractivity contribution in [2.45, 2.75) is 6.92 Å². The van der Waals surface area contributed by atoms with Gasteiger partial charge in [-0.2, -0.15) is 5.10 Å². The molecule has 4 aromatic rings. The molecule has 1 aliphatic heterocycles. The number of ether oxygens (including phenoxy) is 2. The van der Waals surface area contributed by atoms with Crippen molar-refractivity contribution in [1.29, 1.82) is 0 Å². The van der Waals surface area contributed by atoms with Crippen molar-refractivity contribution in [1.82, 2.24) is 34.9 Å². The van der Waals surface area contributed by atoms with Gasteiger partial charge in [0.2, 0.25) is 5.91 Å². The summed E-state index contributed by atoms with van der Waals surface area (Å²) in [6.45, 7) is 8.22. The van der Waals surface area contributed by atoms with E-state index in [9.17, 15) is 4.79 Å². The second-order valence-corrected chi connectivity index (χ2v) is 10.1. The van der Waals surface area contributed by atoms with Crippen LogP contribution in [0.1, 0.15) is 6.92 Å². The van der Waals surface area contributed by atoms with Gasteiger partial charge in [-0.3, -0.25) is 24.3 Å². The Morgan fingerprint density at radius 1 is 0.951 bits per heavy atom. The Morgan fingerprint density at radius 3 is 2.34 bits per heavy atom. The molecule has 1 fully saturated rings. The summed E-state index contributed by atoms with van der Waals surface area (Å²) in [6.07, 6.45) is 5.52. The number of hydrogen-bond acceptors (Lipinski definition) is 9. The highest BCUT2D eigenvalue weighted by Crippen LogP contribution is 2.34. The van der Waals surface area contributed by atoms with E-state index < -0.39 is 0 Å². The Balaban J connectivity index is 1.40. The van der Waals surface area contributed by atoms with E-state index >= 15 is 0 Å². The third kappa shape index (κ3) is 6.93. The third-order valence-corrected chi connectivity index (χ3v) is 7.33. The van der Waals surface area contributed by atoms with Crippen LogP contribution in [0.4, 0.5) is 11.4 Å². The molecule has 5 rings (SSSR count). The van der Waals surface area contributed by atoms with Gasteiger partial charge in [0.25, 0.3) is 0 Å². The second kappa shape index (κ2) is 13.0. The van der Waals surface area contributed by atoms with Crippen molar-refractivity contribution >= 4 is 28.3 Å². The summed E-state index contributed by atoms with van der Waals surface area (Å²) in [5.74, 6) is 1.54. The van der Waals surface area contributed by atoms with Gasteiger partial charge in [-0.05, 0) is 25.1 Å². The maximum absolute atomic E-state index is 12.0. The Morgan fingerprint density at radius 2 is 1.68 bits per heavy atom. The van der Waals surface area contributed by atoms with Gasteiger partial charge in [-0.25, -0.2) is 4.98 Å². The summed E-state index contributed by atoms with van der Waals surface area (Å²) in [7, 11) is 5.21. The van der Waals surface area contributed by atoms with E-state index in [0.29, 0.717) is 13.1 Å². The van der Waals surface area contributed by atoms with E-state index in [1.807, 2.05) is 44.4 Å². The zero-order valence-corrected chi connectivity index (χ0v) is 24.2. The minimum atomic E-state index is 0.0881. The highest BCUT2D eigenvalue weighted by molar-refractivity contribution is 5.82. The molecule has 3 heterocycles. The third-order valence-electron chi connectivity index (χ3n) is 7.33. The molecule has 1 N–H and O–H groups in total. The van der Waals surface area contributed by atoms with Crippen molar-refractivity contribution in [2.75, 3.05) is 71.5 Å². The lowest BCUT2D eigenvalue weighted by Gasteiger charge is -2.36. The molecule has 0 spiro atoms. The first-order valence-electron chi connectivity index (χ1n) is 13.9. The largest absolute Gasteiger partial charge is 0.497 e. The first kappa shape index (κ1) is 28.3. The standard InChI is InChI=1S/C30H38N8O3/c1-5-31-30(39)21-37-10-8-36(9-11-37)12-13-38(24-14-25(40-3)17-26(15-24)41-4)23-6-7-27-28(16-23)34-29(19-32-27)22-18-33-35(2)20-22/h6-7,14-20H,5,8-13,21H2,1-4H3,(H,31,39). The van der Waals surface area contributed by atoms with Crippen LogP contribution in [0.15, 0.2) is 55.0 Å². The molecule has 0 atom stereocenters. The second-order valence-electron chi connectivity index (χ2n) is 10.1. The molecule has 216 valence electrons. The molecule has 0 saturated carbocycles. The van der Waals surface area contributed by atoms with E-state index in [1.54, 1.807) is 31.3 Å². The van der Waals surface area contributed by atoms with Crippen LogP contribution < -0.4 is 19.7 Å². The fraction of sp³-hybridized carbons (Fsp3) is 0.400. The van der Waals surface area contributed by atoms with Crippen LogP contribution >= 0.6 is 0 Å². The predicted molar refractivity (Wildman–Crippen MR) is 160 cm³/mol. The number of amides is 1. The number of fused-ring (bicyclic) bond motifs is 1. The van der Waals surface area contributed by atoms with Gasteiger partial charge in [0.1, 0.15) is 11.5 Å². The lowest BCUT2D eigenvalue weighted by Crippen LogP contribution is -2.50. The number of piperazine rings is 1. The first-order chi connectivity index (χ1) is 19.9. The minimum Gasteiger partial charge on any atom is -0.497 e. The average Bonchev–Trinajstić information content (AvgIpc) is 3.43. The predicted octanol–water partition coefficient (Wildman–Crippen LogP) is 2.94. The van der Waals surface area contributed by atoms with Crippen LogP contribution in [-0.4, -0.2) is 102 Å². The molecule has 1 saturated heterocycles. The topological polar surface area (TPSA) is 101 Å². The number of benzene rings is 2. The summed E-state index contributed by atoms with van der Waals surface area (Å²) in [4.78, 5) is 28.5. The molecule has 2 aromatic heterocycles. The smallest absolute Gasteiger partial charge is 0.234 e. The average molecular weight is 559 g/mol. The van der Waals surface area contributed by atoms with Gasteiger partial charge >= 0.3 is 0 Å². The van der Waals surface area contributed by atoms with Crippen LogP contribution in [0.2, 0.25) is 0 Å². The number of anilines is 2. The number of rotatable bonds is 11. The number of hydrogen-bond donors (Lipinski definition) is 1. The SMILES string of the molecule is CCNC(=O)CN1CCN(CCN(c2cc(OC)cc(OC)c2)c2ccc3ncc(-c4cnn(C)c4)nc3c2)CC1. The van der Waals surface area contributed by atoms with E-state index in [4.69, 9.17) is 14.5 Å². The number of aromatic nitrogens is 4. The van der Waals surface area contributed by atoms with Gasteiger partial charge in [0.05, 0.1) is 49.9 Å². The lowest BCUT2D eigenvalue weighted by atomic mass is 10.2. The van der Waals surface area contributed by atoms with Gasteiger partial charge in [-0.15, -0.1) is 0 Å². The Kier molecular flexibility index (Phi) is 8.95. The summed E-state index contributed by atoms with van der Waals surface area (Å²) in [5, 5.41) is 7.17. The molecular weight excluding hydrogens is 520 g/mol. The molecule has 1 aliphatic rings. The highest BCUT2D eigenvalue weighted by atomic mass is 16.5. The molecule has 41 heavy (non-hydrogen) atoms. The molecule has 11 nitrogen and oxygen atoms in total. The Bertz CT molecular complexity index is 1460. The quantitative estimate of drug-likeness (QED) is 0.298. The number of likely N-dealkylation sites (N-methyl/N-ethyl adjacent to an activating group) is 1. The number of carbonyl (C=O) groups excluding carboxylic acids is 1. The van der Waals surface area contributed by atoms with Gasteiger partial charge in [0.15, 0.2) is 0 Å². The summed E-state index contributed by atoms with van der Waals surface area (Å²) in [6, 6.07) is 12.1. The lowest BCUT2D eigenvalue weighted by molar-refractivity contribution is -0.122. The normalized spacial score (nSPS) is 14.2. The van der Waals surface area contributed by atoms with Crippen LogP contribution in [0, 0.1) is 0 Å². The van der Waals surface area contributed by atoms with Crippen molar-refractivity contribution in [3.63, 3.8) is 0 Å². The van der Waals surface area contributed by atoms with Crippen molar-refractivity contribution in [2.24, 2.45) is 7.05 Å². The summed E-state index contributed by atoms with van der Waals surface area (Å²) >= 11 is 0. The zero-order valence-electron chi connectivity index (χ0n) is 24.2. The Hall–Kier alpha value is -4.22. The fourth-order valence-electron chi connectivity index (χ4n) is 5.08. The molecule has 2 aromatic carbocycles. The Labute approximate surface area is 240 Å². The van der Waals surface area contributed by atoms with E-state index in [2.05, 4.69) is 42.2 Å². The monoisotopic (exact) mass is 558 g/mol. The van der Waals surface area contributed by atoms with Crippen LogP contribution in [0.3, 0.4) is 0 Å². The minimum absolute atomic E-state index is 0.0881. The van der Waals surface area contributed by atoms with Crippen LogP contribution in [-0.2, 0) is 11.8 Å². The van der Waals surface area contributed by atoms with Gasteiger partial charge in [-0.1, -0.05) is 0 Å². The molecule has 0 aliphatic carbocycles. The van der Waals surface area contributed by atoms with E-state index in [0.717, 1.165) is 84.4 Å². The molecule has 0 unspecified atom stereocenters. The van der Waals surface area contributed by atoms with E-state index in [1.165, 1.54) is 0 Å². The zero-order chi connectivity index (χ0) is 28.8. The maximum Gasteiger partial charge on any atom is 0.234 e. The molecule has 0 radical (unpaired) electrons. The first-order valence-corrected chi connectivity index (χ1v) is 13.9. The molecule has 11 heteroatoms. The van der Waals surface area contributed by atoms with Crippen LogP contribution in [0.25, 0.3) is 22.3 Å². The molecule has 1 amide bonds. The number of nitrogens with one attached hydrogen (secondary N) is 1. The van der Waals surface area contributed by atoms with Crippen molar-refractivity contribution in [3.05, 3.63) is 55.0 Å². The van der Waals surface area contributed by atoms with Crippen molar-refractivity contribution < 1.29 is 14.3 Å². The fourth-order valence-corrected chi connectivity index (χ4v) is 5.08. The highest BCUT2D eigenvalue weighted by Gasteiger charge is 2.21. The van der Waals surface area contributed by atoms with E-state index in [-0.39, 0.29) is 5.91 Å². The molecule has 0 bridgehead atoms. The van der Waals surface area contributed by atoms with Crippen LogP contribution in [0.5, 0.6) is 11.5 Å². The van der Waals surface area contributed by atoms with Gasteiger partial charge in [0, 0.05) is 94.2 Å². The number of nitrogens with zero attached hydrogens (tertiary/aromatic N) is 7. The van der Waals surface area contributed by atoms with Gasteiger partial charge < -0.3 is 19.7 Å². The maximum atomic E-state index is 12.0. The summed E-state index contributed by atoms with van der Waals surface area (Å²) < 4.78 is 12.9. The molecular formula is C30H38N8O3. The van der Waals surface area contributed by atoms with Crippen molar-refractivity contribution in [3.8, 4) is 22.8 Å². The number of carbonyl (C=O) groups is 1. The number of methoxy groups -OCH3 is 2.